The van der Waals surface area contributed by atoms with Gasteiger partial charge in [0, 0.05) is 0 Å². The zero-order valence-electron chi connectivity index (χ0n) is 12.2. The Labute approximate surface area is 108 Å². The summed E-state index contributed by atoms with van der Waals surface area (Å²) in [6.07, 6.45) is 9.97. The molecule has 0 aromatic heterocycles. The van der Waals surface area contributed by atoms with Gasteiger partial charge in [0.2, 0.25) is 0 Å². The Hall–Kier alpha value is -0.0800. The maximum Gasteiger partial charge on any atom is -0.00162 e. The minimum absolute atomic E-state index is 0.305. The quantitative estimate of drug-likeness (QED) is 0.740. The highest BCUT2D eigenvalue weighted by Crippen LogP contribution is 2.26. The van der Waals surface area contributed by atoms with Gasteiger partial charge in [-0.1, -0.05) is 46.0 Å². The average molecular weight is 240 g/mol. The Bertz CT molecular complexity index is 195. The molecule has 1 rings (SSSR count). The van der Waals surface area contributed by atoms with Crippen LogP contribution in [0.15, 0.2) is 0 Å². The summed E-state index contributed by atoms with van der Waals surface area (Å²) in [5.74, 6) is 1.01. The lowest BCUT2D eigenvalue weighted by atomic mass is 9.86. The molecule has 0 atom stereocenters. The molecule has 1 fully saturated rings. The highest BCUT2D eigenvalue weighted by Gasteiger charge is 2.17. The molecule has 1 aliphatic rings. The fourth-order valence-corrected chi connectivity index (χ4v) is 2.59. The van der Waals surface area contributed by atoms with Crippen LogP contribution in [0.4, 0.5) is 0 Å². The summed E-state index contributed by atoms with van der Waals surface area (Å²) in [5.41, 5.74) is 6.07. The molecule has 1 aliphatic carbocycles. The molecule has 1 saturated carbocycles. The van der Waals surface area contributed by atoms with Gasteiger partial charge in [-0.05, 0) is 50.9 Å². The lowest BCUT2D eigenvalue weighted by molar-refractivity contribution is 0.228. The lowest BCUT2D eigenvalue weighted by Gasteiger charge is -2.28. The normalized spacial score (nSPS) is 18.9. The first-order valence-corrected chi connectivity index (χ1v) is 7.42. The molecule has 0 bridgehead atoms. The van der Waals surface area contributed by atoms with E-state index >= 15 is 0 Å². The largest absolute Gasteiger partial charge is 0.330 e. The van der Waals surface area contributed by atoms with E-state index in [0.29, 0.717) is 5.41 Å². The highest BCUT2D eigenvalue weighted by atomic mass is 15.1. The zero-order valence-corrected chi connectivity index (χ0v) is 12.2. The molecule has 0 saturated heterocycles. The van der Waals surface area contributed by atoms with Crippen molar-refractivity contribution >= 4 is 0 Å². The molecule has 0 radical (unpaired) electrons. The number of nitrogens with zero attached hydrogens (tertiary/aromatic N) is 1. The molecule has 0 amide bonds. The predicted molar refractivity (Wildman–Crippen MR) is 76.1 cm³/mol. The van der Waals surface area contributed by atoms with Crippen molar-refractivity contribution in [3.8, 4) is 0 Å². The van der Waals surface area contributed by atoms with Crippen LogP contribution in [0.25, 0.3) is 0 Å². The topological polar surface area (TPSA) is 29.3 Å². The standard InChI is InChI=1S/C15H32N2/c1-15(2,13-16)10-12-17(3)11-9-14-7-5-4-6-8-14/h14H,4-13,16H2,1-3H3. The van der Waals surface area contributed by atoms with Gasteiger partial charge in [0.05, 0.1) is 0 Å². The molecular weight excluding hydrogens is 208 g/mol. The van der Waals surface area contributed by atoms with Gasteiger partial charge in [-0.3, -0.25) is 0 Å². The molecule has 2 heteroatoms. The second-order valence-electron chi connectivity index (χ2n) is 6.71. The van der Waals surface area contributed by atoms with Crippen molar-refractivity contribution < 1.29 is 0 Å². The van der Waals surface area contributed by atoms with E-state index in [0.717, 1.165) is 12.5 Å². The number of rotatable bonds is 7. The first-order valence-electron chi connectivity index (χ1n) is 7.42. The van der Waals surface area contributed by atoms with Gasteiger partial charge in [-0.15, -0.1) is 0 Å². The Morgan fingerprint density at radius 1 is 1.12 bits per heavy atom. The van der Waals surface area contributed by atoms with E-state index in [1.54, 1.807) is 0 Å². The Morgan fingerprint density at radius 2 is 1.76 bits per heavy atom. The van der Waals surface area contributed by atoms with Crippen LogP contribution in [-0.2, 0) is 0 Å². The van der Waals surface area contributed by atoms with Crippen LogP contribution in [0.2, 0.25) is 0 Å². The molecule has 0 aromatic carbocycles. The van der Waals surface area contributed by atoms with Gasteiger partial charge in [0.25, 0.3) is 0 Å². The second kappa shape index (κ2) is 7.38. The minimum atomic E-state index is 0.305. The molecule has 2 nitrogen and oxygen atoms in total. The van der Waals surface area contributed by atoms with Crippen molar-refractivity contribution in [1.82, 2.24) is 4.90 Å². The third-order valence-electron chi connectivity index (χ3n) is 4.37. The van der Waals surface area contributed by atoms with E-state index in [1.165, 1.54) is 58.0 Å². The Balaban J connectivity index is 2.10. The fraction of sp³-hybridized carbons (Fsp3) is 1.00. The van der Waals surface area contributed by atoms with Crippen LogP contribution in [0.1, 0.15) is 58.8 Å². The van der Waals surface area contributed by atoms with Crippen molar-refractivity contribution in [1.29, 1.82) is 0 Å². The van der Waals surface area contributed by atoms with Crippen LogP contribution in [0.5, 0.6) is 0 Å². The maximum absolute atomic E-state index is 5.76. The predicted octanol–water partition coefficient (Wildman–Crippen LogP) is 3.26. The molecular formula is C15H32N2. The van der Waals surface area contributed by atoms with Crippen LogP contribution in [-0.4, -0.2) is 31.6 Å². The van der Waals surface area contributed by atoms with Crippen LogP contribution in [0.3, 0.4) is 0 Å². The van der Waals surface area contributed by atoms with E-state index in [9.17, 15) is 0 Å². The molecule has 0 unspecified atom stereocenters. The summed E-state index contributed by atoms with van der Waals surface area (Å²) in [5, 5.41) is 0. The maximum atomic E-state index is 5.76. The summed E-state index contributed by atoms with van der Waals surface area (Å²) in [4.78, 5) is 2.49. The molecule has 0 heterocycles. The Kier molecular flexibility index (Phi) is 6.50. The third kappa shape index (κ3) is 6.42. The lowest BCUT2D eigenvalue weighted by Crippen LogP contribution is -2.31. The van der Waals surface area contributed by atoms with Crippen LogP contribution >= 0.6 is 0 Å². The highest BCUT2D eigenvalue weighted by molar-refractivity contribution is 4.72. The monoisotopic (exact) mass is 240 g/mol. The molecule has 102 valence electrons. The van der Waals surface area contributed by atoms with Crippen LogP contribution < -0.4 is 5.73 Å². The van der Waals surface area contributed by atoms with Crippen molar-refractivity contribution in [3.63, 3.8) is 0 Å². The number of hydrogen-bond acceptors (Lipinski definition) is 2. The van der Waals surface area contributed by atoms with Crippen LogP contribution in [0, 0.1) is 11.3 Å². The summed E-state index contributed by atoms with van der Waals surface area (Å²) in [6, 6.07) is 0. The van der Waals surface area contributed by atoms with Crippen molar-refractivity contribution in [2.75, 3.05) is 26.7 Å². The third-order valence-corrected chi connectivity index (χ3v) is 4.37. The van der Waals surface area contributed by atoms with Gasteiger partial charge >= 0.3 is 0 Å². The van der Waals surface area contributed by atoms with Gasteiger partial charge in [0.15, 0.2) is 0 Å². The van der Waals surface area contributed by atoms with Crippen molar-refractivity contribution in [2.45, 2.75) is 58.8 Å². The summed E-state index contributed by atoms with van der Waals surface area (Å²) >= 11 is 0. The molecule has 17 heavy (non-hydrogen) atoms. The SMILES string of the molecule is CN(CCC1CCCCC1)CCC(C)(C)CN. The molecule has 2 N–H and O–H groups in total. The number of hydrogen-bond donors (Lipinski definition) is 1. The van der Waals surface area contributed by atoms with E-state index in [-0.39, 0.29) is 0 Å². The average Bonchev–Trinajstić information content (AvgIpc) is 2.35. The van der Waals surface area contributed by atoms with E-state index in [2.05, 4.69) is 25.8 Å². The smallest absolute Gasteiger partial charge is 0.00162 e. The Morgan fingerprint density at radius 3 is 2.35 bits per heavy atom. The van der Waals surface area contributed by atoms with E-state index < -0.39 is 0 Å². The molecule has 0 aliphatic heterocycles. The fourth-order valence-electron chi connectivity index (χ4n) is 2.59. The van der Waals surface area contributed by atoms with Gasteiger partial charge in [-0.2, -0.15) is 0 Å². The number of nitrogens with two attached hydrogens (primary N) is 1. The summed E-state index contributed by atoms with van der Waals surface area (Å²) in [7, 11) is 2.26. The van der Waals surface area contributed by atoms with Gasteiger partial charge < -0.3 is 10.6 Å². The molecule has 0 aromatic rings. The molecule has 0 spiro atoms. The van der Waals surface area contributed by atoms with Gasteiger partial charge in [-0.25, -0.2) is 0 Å². The van der Waals surface area contributed by atoms with E-state index in [4.69, 9.17) is 5.73 Å². The minimum Gasteiger partial charge on any atom is -0.330 e. The van der Waals surface area contributed by atoms with Gasteiger partial charge in [0.1, 0.15) is 0 Å². The zero-order chi connectivity index (χ0) is 12.7. The van der Waals surface area contributed by atoms with Crippen molar-refractivity contribution in [2.24, 2.45) is 17.1 Å². The summed E-state index contributed by atoms with van der Waals surface area (Å²) < 4.78 is 0. The summed E-state index contributed by atoms with van der Waals surface area (Å²) in [6.45, 7) is 7.79. The van der Waals surface area contributed by atoms with Crippen molar-refractivity contribution in [3.05, 3.63) is 0 Å². The first kappa shape index (κ1) is 15.0. The second-order valence-corrected chi connectivity index (χ2v) is 6.71. The van der Waals surface area contributed by atoms with E-state index in [1.807, 2.05) is 0 Å². The first-order chi connectivity index (χ1) is 8.03.